The van der Waals surface area contributed by atoms with Crippen LogP contribution in [-0.2, 0) is 45.5 Å². The fourth-order valence-electron chi connectivity index (χ4n) is 6.38. The zero-order valence-electron chi connectivity index (χ0n) is 39.1. The summed E-state index contributed by atoms with van der Waals surface area (Å²) in [5.41, 5.74) is 2.59. The second-order valence-electron chi connectivity index (χ2n) is 17.2. The van der Waals surface area contributed by atoms with Crippen LogP contribution in [-0.4, -0.2) is 109 Å². The van der Waals surface area contributed by atoms with E-state index in [9.17, 15) is 34.4 Å². The van der Waals surface area contributed by atoms with Gasteiger partial charge in [0.2, 0.25) is 0 Å². The third-order valence-corrected chi connectivity index (χ3v) is 11.4. The van der Waals surface area contributed by atoms with Gasteiger partial charge in [0.05, 0.1) is 46.1 Å². The number of aliphatic hydroxyl groups is 3. The molecule has 0 aliphatic heterocycles. The van der Waals surface area contributed by atoms with Gasteiger partial charge in [-0.3, -0.25) is 18.6 Å². The summed E-state index contributed by atoms with van der Waals surface area (Å²) in [5, 5.41) is 30.6. The van der Waals surface area contributed by atoms with Gasteiger partial charge in [-0.1, -0.05) is 120 Å². The van der Waals surface area contributed by atoms with Gasteiger partial charge in [0.1, 0.15) is 31.3 Å². The topological polar surface area (TPSA) is 182 Å². The second-order valence-corrected chi connectivity index (χ2v) is 18.7. The molecule has 0 bridgehead atoms. The molecule has 0 aliphatic rings. The molecule has 0 fully saturated rings. The minimum absolute atomic E-state index is 0.0328. The van der Waals surface area contributed by atoms with Crippen LogP contribution in [0.4, 0.5) is 0 Å². The minimum Gasteiger partial charge on any atom is -0.466 e. The van der Waals surface area contributed by atoms with Crippen molar-refractivity contribution in [2.75, 3.05) is 47.5 Å². The van der Waals surface area contributed by atoms with Crippen molar-refractivity contribution in [2.45, 2.75) is 174 Å². The lowest BCUT2D eigenvalue weighted by Crippen LogP contribution is -2.37. The lowest BCUT2D eigenvalue weighted by Gasteiger charge is -2.24. The van der Waals surface area contributed by atoms with Crippen LogP contribution < -0.4 is 0 Å². The second kappa shape index (κ2) is 33.6. The Labute approximate surface area is 373 Å². The Bertz CT molecular complexity index is 1530. The lowest BCUT2D eigenvalue weighted by molar-refractivity contribution is -0.870. The van der Waals surface area contributed by atoms with Crippen LogP contribution >= 0.6 is 7.82 Å². The van der Waals surface area contributed by atoms with Crippen LogP contribution in [0, 0.1) is 13.8 Å². The quantitative estimate of drug-likeness (QED) is 0.0164. The highest BCUT2D eigenvalue weighted by molar-refractivity contribution is 7.47. The molecule has 0 spiro atoms. The Morgan fingerprint density at radius 1 is 0.677 bits per heavy atom. The molecule has 0 radical (unpaired) electrons. The number of nitrogens with zero attached hydrogens (tertiary/aromatic N) is 1. The molecule has 62 heavy (non-hydrogen) atoms. The van der Waals surface area contributed by atoms with Crippen molar-refractivity contribution in [3.8, 4) is 0 Å². The first-order chi connectivity index (χ1) is 29.5. The van der Waals surface area contributed by atoms with Crippen molar-refractivity contribution < 1.29 is 61.8 Å². The number of aliphatic hydroxyl groups excluding tert-OH is 3. The Morgan fingerprint density at radius 2 is 1.26 bits per heavy atom. The molecule has 0 saturated heterocycles. The monoisotopic (exact) mass is 897 g/mol. The fraction of sp³-hybridized carbons (Fsp3) is 0.708. The molecule has 0 aromatic carbocycles. The SMILES string of the molecule is CCCCC[C@@H](O)/C=C/C=C\C=C\C=C\[C@@H](O)[C@H](O)CCCC(=O)OC[C@H](COP(=O)(O)OCC[N+](C)(C)C)OC(=O)CCCCCCCCCCc1oc(CCC)c(C)c1C. The van der Waals surface area contributed by atoms with Crippen molar-refractivity contribution in [1.29, 1.82) is 0 Å². The molecular weight excluding hydrogens is 813 g/mol. The third kappa shape index (κ3) is 29.5. The summed E-state index contributed by atoms with van der Waals surface area (Å²) in [6.07, 6.45) is 25.3. The number of furan rings is 1. The van der Waals surface area contributed by atoms with Crippen LogP contribution in [0.5, 0.6) is 0 Å². The van der Waals surface area contributed by atoms with Gasteiger partial charge in [0.15, 0.2) is 6.10 Å². The zero-order valence-corrected chi connectivity index (χ0v) is 40.0. The highest BCUT2D eigenvalue weighted by atomic mass is 31.2. The van der Waals surface area contributed by atoms with E-state index in [-0.39, 0.29) is 32.3 Å². The number of phosphoric acid groups is 1. The standard InChI is InChI=1S/C48H82NO12P/c1-8-10-21-28-41(50)29-22-17-15-16-18-23-30-43(51)44(52)31-26-34-47(53)57-37-42(38-59-62(55,56)58-36-35-49(5,6)7)60-48(54)33-25-20-14-12-11-13-19-24-32-46-40(4)39(3)45(61-46)27-9-2/h15-18,22-23,29-30,41-44,50-52H,8-14,19-21,24-28,31-38H2,1-7H3/p+1/b17-15-,18-16+,29-22+,30-23+/t41-,42-,43-,44-/m1/s1. The summed E-state index contributed by atoms with van der Waals surface area (Å²) in [5.74, 6) is 1.10. The molecule has 0 aliphatic carbocycles. The maximum absolute atomic E-state index is 12.8. The number of carbonyl (C=O) groups is 2. The molecule has 1 heterocycles. The summed E-state index contributed by atoms with van der Waals surface area (Å²) in [6.45, 7) is 8.10. The number of unbranched alkanes of at least 4 members (excludes halogenated alkanes) is 9. The average Bonchev–Trinajstić information content (AvgIpc) is 3.47. The van der Waals surface area contributed by atoms with E-state index in [1.165, 1.54) is 17.2 Å². The summed E-state index contributed by atoms with van der Waals surface area (Å²) >= 11 is 0. The van der Waals surface area contributed by atoms with E-state index in [1.807, 2.05) is 21.1 Å². The molecule has 14 heteroatoms. The number of esters is 2. The van der Waals surface area contributed by atoms with E-state index < -0.39 is 57.4 Å². The third-order valence-electron chi connectivity index (χ3n) is 10.4. The molecule has 4 N–H and O–H groups in total. The largest absolute Gasteiger partial charge is 0.472 e. The normalized spacial score (nSPS) is 15.5. The minimum atomic E-state index is -4.47. The van der Waals surface area contributed by atoms with E-state index >= 15 is 0 Å². The molecule has 5 atom stereocenters. The molecule has 0 saturated carbocycles. The Balaban J connectivity index is 2.48. The Kier molecular flexibility index (Phi) is 31.0. The zero-order chi connectivity index (χ0) is 46.2. The van der Waals surface area contributed by atoms with Gasteiger partial charge in [-0.25, -0.2) is 4.57 Å². The number of phosphoric ester groups is 1. The van der Waals surface area contributed by atoms with E-state index in [0.717, 1.165) is 101 Å². The molecule has 1 aromatic rings. The van der Waals surface area contributed by atoms with E-state index in [4.69, 9.17) is 22.9 Å². The van der Waals surface area contributed by atoms with Crippen molar-refractivity contribution in [2.24, 2.45) is 0 Å². The van der Waals surface area contributed by atoms with Crippen molar-refractivity contribution in [3.05, 3.63) is 71.3 Å². The van der Waals surface area contributed by atoms with Gasteiger partial charge in [-0.15, -0.1) is 0 Å². The lowest BCUT2D eigenvalue weighted by atomic mass is 10.0. The number of allylic oxidation sites excluding steroid dienone is 6. The maximum atomic E-state index is 12.8. The number of hydrogen-bond donors (Lipinski definition) is 4. The number of carbonyl (C=O) groups excluding carboxylic acids is 2. The fourth-order valence-corrected chi connectivity index (χ4v) is 7.13. The molecule has 1 unspecified atom stereocenters. The van der Waals surface area contributed by atoms with Crippen LogP contribution in [0.3, 0.4) is 0 Å². The van der Waals surface area contributed by atoms with Crippen LogP contribution in [0.25, 0.3) is 0 Å². The number of ether oxygens (including phenoxy) is 2. The van der Waals surface area contributed by atoms with Gasteiger partial charge >= 0.3 is 19.8 Å². The predicted octanol–water partition coefficient (Wildman–Crippen LogP) is 9.26. The van der Waals surface area contributed by atoms with E-state index in [0.29, 0.717) is 17.4 Å². The van der Waals surface area contributed by atoms with Gasteiger partial charge in [-0.2, -0.15) is 0 Å². The first kappa shape index (κ1) is 57.1. The highest BCUT2D eigenvalue weighted by Crippen LogP contribution is 2.43. The Hall–Kier alpha value is -2.87. The Morgan fingerprint density at radius 3 is 1.89 bits per heavy atom. The molecule has 13 nitrogen and oxygen atoms in total. The highest BCUT2D eigenvalue weighted by Gasteiger charge is 2.27. The summed E-state index contributed by atoms with van der Waals surface area (Å²) in [4.78, 5) is 35.6. The van der Waals surface area contributed by atoms with E-state index in [1.54, 1.807) is 42.5 Å². The summed E-state index contributed by atoms with van der Waals surface area (Å²) in [6, 6.07) is 0. The smallest absolute Gasteiger partial charge is 0.466 e. The van der Waals surface area contributed by atoms with E-state index in [2.05, 4.69) is 27.7 Å². The van der Waals surface area contributed by atoms with Crippen LogP contribution in [0.2, 0.25) is 0 Å². The van der Waals surface area contributed by atoms with Crippen molar-refractivity contribution in [1.82, 2.24) is 0 Å². The first-order valence-electron chi connectivity index (χ1n) is 23.1. The number of quaternary nitrogens is 1. The summed E-state index contributed by atoms with van der Waals surface area (Å²) < 4.78 is 40.2. The summed E-state index contributed by atoms with van der Waals surface area (Å²) in [7, 11) is 1.26. The predicted molar refractivity (Wildman–Crippen MR) is 245 cm³/mol. The number of rotatable bonds is 37. The molecule has 1 aromatic heterocycles. The maximum Gasteiger partial charge on any atom is 0.472 e. The molecule has 356 valence electrons. The van der Waals surface area contributed by atoms with Gasteiger partial charge in [0.25, 0.3) is 0 Å². The number of aryl methyl sites for hydroxylation is 2. The van der Waals surface area contributed by atoms with Gasteiger partial charge in [0, 0.05) is 25.7 Å². The van der Waals surface area contributed by atoms with Crippen molar-refractivity contribution in [3.63, 3.8) is 0 Å². The number of likely N-dealkylation sites (N-methyl/N-ethyl adjacent to an activating group) is 1. The molecule has 0 amide bonds. The van der Waals surface area contributed by atoms with Crippen LogP contribution in [0.1, 0.15) is 146 Å². The van der Waals surface area contributed by atoms with Crippen LogP contribution in [0.15, 0.2) is 53.0 Å². The van der Waals surface area contributed by atoms with Gasteiger partial charge in [-0.05, 0) is 63.5 Å². The number of hydrogen-bond acceptors (Lipinski definition) is 11. The van der Waals surface area contributed by atoms with Crippen molar-refractivity contribution >= 4 is 19.8 Å². The first-order valence-corrected chi connectivity index (χ1v) is 24.5. The molecule has 1 rings (SSSR count). The van der Waals surface area contributed by atoms with Gasteiger partial charge < -0.3 is 38.6 Å². The average molecular weight is 897 g/mol. The molecular formula is C48H83NO12P+.